The Morgan fingerprint density at radius 2 is 1.97 bits per heavy atom. The summed E-state index contributed by atoms with van der Waals surface area (Å²) >= 11 is 0. The molecule has 0 unspecified atom stereocenters. The number of rotatable bonds is 5. The van der Waals surface area contributed by atoms with Crippen LogP contribution in [0.25, 0.3) is 22.4 Å². The lowest BCUT2D eigenvalue weighted by atomic mass is 10.1. The fourth-order valence-corrected chi connectivity index (χ4v) is 3.47. The van der Waals surface area contributed by atoms with Gasteiger partial charge in [-0.15, -0.1) is 0 Å². The number of hydrogen-bond donors (Lipinski definition) is 3. The number of aromatic nitrogens is 4. The average Bonchev–Trinajstić information content (AvgIpc) is 3.22. The van der Waals surface area contributed by atoms with Gasteiger partial charge in [0.25, 0.3) is 0 Å². The molecular weight excluding hydrogens is 409 g/mol. The van der Waals surface area contributed by atoms with Crippen molar-refractivity contribution in [1.29, 1.82) is 0 Å². The molecule has 1 aliphatic heterocycles. The summed E-state index contributed by atoms with van der Waals surface area (Å²) in [5, 5.41) is 25.3. The van der Waals surface area contributed by atoms with Crippen molar-refractivity contribution in [3.05, 3.63) is 42.7 Å². The Hall–Kier alpha value is -2.55. The van der Waals surface area contributed by atoms with Gasteiger partial charge in [0, 0.05) is 5.56 Å². The fourth-order valence-electron chi connectivity index (χ4n) is 3.15. The molecule has 154 valence electrons. The number of imidazole rings is 1. The van der Waals surface area contributed by atoms with Crippen LogP contribution in [0, 0.1) is 5.82 Å². The number of nitrogens with zero attached hydrogens (tertiary/aromatic N) is 4. The molecule has 3 heterocycles. The molecule has 4 atom stereocenters. The first-order chi connectivity index (χ1) is 13.8. The molecule has 1 aliphatic rings. The van der Waals surface area contributed by atoms with E-state index in [0.717, 1.165) is 0 Å². The number of hydrogen-bond acceptors (Lipinski definition) is 9. The molecule has 0 aliphatic carbocycles. The minimum absolute atomic E-state index is 0.220. The van der Waals surface area contributed by atoms with Gasteiger partial charge in [-0.1, -0.05) is 12.1 Å². The van der Waals surface area contributed by atoms with Gasteiger partial charge in [0.2, 0.25) is 0 Å². The van der Waals surface area contributed by atoms with Crippen LogP contribution >= 0.6 is 0 Å². The highest BCUT2D eigenvalue weighted by Crippen LogP contribution is 2.33. The summed E-state index contributed by atoms with van der Waals surface area (Å²) in [7, 11) is -4.25. The summed E-state index contributed by atoms with van der Waals surface area (Å²) in [5.41, 5.74) is 0.945. The van der Waals surface area contributed by atoms with E-state index in [1.807, 2.05) is 0 Å². The first kappa shape index (κ1) is 19.8. The first-order valence-electron chi connectivity index (χ1n) is 8.37. The standard InChI is InChI=1S/C16H16FN5O6S/c17-9-4-2-1-3-8(9)11-12-15(20-6-19-11)22(7-21-12)16-14(24)13(23)10(28-16)5-27-29(18,25)26/h1-4,6-7,10,13-14,16,23-24H,5H2,(H2,18,25,26)/t10-,13-,14-,16-/m1/s1. The van der Waals surface area contributed by atoms with Crippen molar-refractivity contribution in [2.75, 3.05) is 6.61 Å². The highest BCUT2D eigenvalue weighted by atomic mass is 32.2. The van der Waals surface area contributed by atoms with Crippen molar-refractivity contribution in [3.63, 3.8) is 0 Å². The maximum absolute atomic E-state index is 14.2. The summed E-state index contributed by atoms with van der Waals surface area (Å²) in [6, 6.07) is 6.03. The molecule has 11 nitrogen and oxygen atoms in total. The smallest absolute Gasteiger partial charge is 0.333 e. The molecule has 0 saturated carbocycles. The third-order valence-corrected chi connectivity index (χ3v) is 4.96. The normalized spacial score (nSPS) is 25.0. The number of halogens is 1. The van der Waals surface area contributed by atoms with E-state index in [9.17, 15) is 23.0 Å². The van der Waals surface area contributed by atoms with E-state index >= 15 is 0 Å². The van der Waals surface area contributed by atoms with E-state index in [1.165, 1.54) is 23.3 Å². The molecule has 29 heavy (non-hydrogen) atoms. The number of aliphatic hydroxyl groups excluding tert-OH is 2. The molecule has 0 amide bonds. The number of benzene rings is 1. The maximum atomic E-state index is 14.2. The lowest BCUT2D eigenvalue weighted by molar-refractivity contribution is -0.0467. The Balaban J connectivity index is 1.69. The molecule has 0 radical (unpaired) electrons. The van der Waals surface area contributed by atoms with Gasteiger partial charge in [-0.2, -0.15) is 8.42 Å². The van der Waals surface area contributed by atoms with Crippen LogP contribution in [0.5, 0.6) is 0 Å². The third-order valence-electron chi connectivity index (χ3n) is 4.50. The Morgan fingerprint density at radius 3 is 2.69 bits per heavy atom. The van der Waals surface area contributed by atoms with Crippen LogP contribution in [-0.4, -0.2) is 63.1 Å². The largest absolute Gasteiger partial charge is 0.387 e. The predicted molar refractivity (Wildman–Crippen MR) is 95.7 cm³/mol. The van der Waals surface area contributed by atoms with Crippen molar-refractivity contribution >= 4 is 21.5 Å². The van der Waals surface area contributed by atoms with Gasteiger partial charge in [-0.3, -0.25) is 8.75 Å². The molecule has 0 bridgehead atoms. The SMILES string of the molecule is NS(=O)(=O)OC[C@H]1O[C@@H](n2cnc3c(-c4ccccc4F)ncnc32)[C@H](O)[C@@H]1O. The zero-order chi connectivity index (χ0) is 20.8. The van der Waals surface area contributed by atoms with Gasteiger partial charge in [-0.05, 0) is 12.1 Å². The van der Waals surface area contributed by atoms with Gasteiger partial charge in [0.15, 0.2) is 11.9 Å². The second kappa shape index (κ2) is 7.37. The van der Waals surface area contributed by atoms with Gasteiger partial charge in [-0.25, -0.2) is 24.5 Å². The van der Waals surface area contributed by atoms with E-state index in [1.54, 1.807) is 18.2 Å². The fraction of sp³-hybridized carbons (Fsp3) is 0.312. The molecule has 4 rings (SSSR count). The third kappa shape index (κ3) is 3.71. The molecule has 2 aromatic heterocycles. The van der Waals surface area contributed by atoms with Crippen molar-refractivity contribution < 1.29 is 31.9 Å². The van der Waals surface area contributed by atoms with Gasteiger partial charge in [0.1, 0.15) is 41.7 Å². The highest BCUT2D eigenvalue weighted by molar-refractivity contribution is 7.84. The van der Waals surface area contributed by atoms with Crippen LogP contribution < -0.4 is 5.14 Å². The molecule has 1 fully saturated rings. The minimum Gasteiger partial charge on any atom is -0.387 e. The second-order valence-corrected chi connectivity index (χ2v) is 7.57. The Morgan fingerprint density at radius 1 is 1.21 bits per heavy atom. The Bertz CT molecular complexity index is 1160. The van der Waals surface area contributed by atoms with Crippen molar-refractivity contribution in [2.24, 2.45) is 5.14 Å². The van der Waals surface area contributed by atoms with Crippen LogP contribution in [0.1, 0.15) is 6.23 Å². The van der Waals surface area contributed by atoms with Crippen molar-refractivity contribution in [2.45, 2.75) is 24.5 Å². The lowest BCUT2D eigenvalue weighted by Crippen LogP contribution is -2.35. The molecule has 3 aromatic rings. The Labute approximate surface area is 163 Å². The minimum atomic E-state index is -4.25. The first-order valence-corrected chi connectivity index (χ1v) is 9.84. The van der Waals surface area contributed by atoms with Crippen LogP contribution in [0.15, 0.2) is 36.9 Å². The maximum Gasteiger partial charge on any atom is 0.333 e. The predicted octanol–water partition coefficient (Wildman–Crippen LogP) is -0.528. The van der Waals surface area contributed by atoms with Crippen molar-refractivity contribution in [1.82, 2.24) is 19.5 Å². The lowest BCUT2D eigenvalue weighted by Gasteiger charge is -2.16. The zero-order valence-corrected chi connectivity index (χ0v) is 15.5. The van der Waals surface area contributed by atoms with Crippen LogP contribution in [0.3, 0.4) is 0 Å². The van der Waals surface area contributed by atoms with E-state index < -0.39 is 47.3 Å². The van der Waals surface area contributed by atoms with Gasteiger partial charge < -0.3 is 14.9 Å². The molecule has 13 heteroatoms. The average molecular weight is 425 g/mol. The van der Waals surface area contributed by atoms with Crippen LogP contribution in [-0.2, 0) is 19.2 Å². The number of ether oxygens (including phenoxy) is 1. The molecule has 0 spiro atoms. The Kier molecular flexibility index (Phi) is 5.02. The summed E-state index contributed by atoms with van der Waals surface area (Å²) in [6.07, 6.45) is -2.69. The zero-order valence-electron chi connectivity index (χ0n) is 14.7. The monoisotopic (exact) mass is 425 g/mol. The van der Waals surface area contributed by atoms with Crippen LogP contribution in [0.4, 0.5) is 4.39 Å². The number of fused-ring (bicyclic) bond motifs is 1. The molecular formula is C16H16FN5O6S. The highest BCUT2D eigenvalue weighted by Gasteiger charge is 2.45. The topological polar surface area (TPSA) is 163 Å². The number of aliphatic hydroxyl groups is 2. The van der Waals surface area contributed by atoms with Gasteiger partial charge in [0.05, 0.1) is 12.9 Å². The van der Waals surface area contributed by atoms with E-state index in [-0.39, 0.29) is 22.4 Å². The quantitative estimate of drug-likeness (QED) is 0.488. The summed E-state index contributed by atoms with van der Waals surface area (Å²) in [6.45, 7) is -0.588. The van der Waals surface area contributed by atoms with Crippen molar-refractivity contribution in [3.8, 4) is 11.3 Å². The summed E-state index contributed by atoms with van der Waals surface area (Å²) < 4.78 is 47.4. The van der Waals surface area contributed by atoms with E-state index in [0.29, 0.717) is 0 Å². The summed E-state index contributed by atoms with van der Waals surface area (Å²) in [5.74, 6) is -0.491. The summed E-state index contributed by atoms with van der Waals surface area (Å²) in [4.78, 5) is 12.4. The molecule has 4 N–H and O–H groups in total. The van der Waals surface area contributed by atoms with E-state index in [2.05, 4.69) is 19.1 Å². The van der Waals surface area contributed by atoms with Crippen LogP contribution in [0.2, 0.25) is 0 Å². The number of nitrogens with two attached hydrogens (primary N) is 1. The van der Waals surface area contributed by atoms with E-state index in [4.69, 9.17) is 9.88 Å². The van der Waals surface area contributed by atoms with Gasteiger partial charge >= 0.3 is 10.3 Å². The second-order valence-electron chi connectivity index (χ2n) is 6.35. The molecule has 1 saturated heterocycles. The molecule has 1 aromatic carbocycles.